The standard InChI is InChI=1S/C20H12N2O2/c23-19-11-5-1-3-7-15(11)21-17-10-14-18(9-13(17)19)22-16-8-4-2-6-12(16)20(14)24/h1,3-5,7-10H,2,6H2. The van der Waals surface area contributed by atoms with Crippen LogP contribution in [0.25, 0.3) is 0 Å². The van der Waals surface area contributed by atoms with Crippen molar-refractivity contribution in [2.24, 2.45) is 9.98 Å². The third kappa shape index (κ3) is 1.74. The van der Waals surface area contributed by atoms with E-state index in [0.717, 1.165) is 17.7 Å². The van der Waals surface area contributed by atoms with Gasteiger partial charge in [-0.15, -0.1) is 0 Å². The second-order valence-corrected chi connectivity index (χ2v) is 6.09. The first-order valence-electron chi connectivity index (χ1n) is 7.92. The van der Waals surface area contributed by atoms with Crippen LogP contribution >= 0.6 is 0 Å². The molecule has 114 valence electrons. The maximum atomic E-state index is 12.8. The smallest absolute Gasteiger partial charge is 0.197 e. The number of carbonyl (C=O) groups excluding carboxylic acids is 2. The van der Waals surface area contributed by atoms with Crippen molar-refractivity contribution in [3.63, 3.8) is 0 Å². The fourth-order valence-electron chi connectivity index (χ4n) is 3.44. The number of carbonyl (C=O) groups is 2. The summed E-state index contributed by atoms with van der Waals surface area (Å²) in [6.07, 6.45) is 5.48. The third-order valence-electron chi connectivity index (χ3n) is 4.65. The van der Waals surface area contributed by atoms with E-state index in [4.69, 9.17) is 0 Å². The lowest BCUT2D eigenvalue weighted by atomic mass is 9.89. The maximum Gasteiger partial charge on any atom is 0.197 e. The minimum atomic E-state index is -0.0694. The molecule has 5 rings (SSSR count). The lowest BCUT2D eigenvalue weighted by Gasteiger charge is -2.18. The summed E-state index contributed by atoms with van der Waals surface area (Å²) >= 11 is 0. The van der Waals surface area contributed by atoms with Gasteiger partial charge in [-0.2, -0.15) is 0 Å². The molecular formula is C20H12N2O2. The molecule has 2 heterocycles. The Kier molecular flexibility index (Phi) is 2.59. The van der Waals surface area contributed by atoms with Crippen LogP contribution < -0.4 is 10.7 Å². The Balaban J connectivity index is 1.82. The molecule has 4 nitrogen and oxygen atoms in total. The fraction of sp³-hybridized carbons (Fsp3) is 0.100. The third-order valence-corrected chi connectivity index (χ3v) is 4.65. The Labute approximate surface area is 137 Å². The first kappa shape index (κ1) is 13.3. The Bertz CT molecular complexity index is 1140. The van der Waals surface area contributed by atoms with Gasteiger partial charge in [0.15, 0.2) is 11.6 Å². The zero-order valence-corrected chi connectivity index (χ0v) is 12.7. The average molecular weight is 312 g/mol. The monoisotopic (exact) mass is 312 g/mol. The number of hydrogen-bond donors (Lipinski definition) is 0. The molecular weight excluding hydrogens is 300 g/mol. The molecule has 0 atom stereocenters. The van der Waals surface area contributed by atoms with Gasteiger partial charge in [-0.1, -0.05) is 18.2 Å². The van der Waals surface area contributed by atoms with Crippen molar-refractivity contribution < 1.29 is 9.59 Å². The van der Waals surface area contributed by atoms with E-state index in [2.05, 4.69) is 9.98 Å². The lowest BCUT2D eigenvalue weighted by Crippen LogP contribution is -2.31. The van der Waals surface area contributed by atoms with E-state index in [9.17, 15) is 9.59 Å². The van der Waals surface area contributed by atoms with Crippen LogP contribution in [0.1, 0.15) is 39.1 Å². The van der Waals surface area contributed by atoms with Crippen molar-refractivity contribution in [3.05, 3.63) is 87.2 Å². The number of Topliss-reactive ketones (excluding diaryl/α,β-unsaturated/α-hetero) is 1. The van der Waals surface area contributed by atoms with Crippen molar-refractivity contribution in [2.75, 3.05) is 0 Å². The van der Waals surface area contributed by atoms with Crippen LogP contribution in [-0.4, -0.2) is 11.6 Å². The summed E-state index contributed by atoms with van der Waals surface area (Å²) < 4.78 is 0. The first-order chi connectivity index (χ1) is 11.7. The van der Waals surface area contributed by atoms with Crippen LogP contribution in [0.5, 0.6) is 0 Å². The van der Waals surface area contributed by atoms with Crippen molar-refractivity contribution in [2.45, 2.75) is 12.8 Å². The highest BCUT2D eigenvalue weighted by molar-refractivity contribution is 6.14. The first-order valence-corrected chi connectivity index (χ1v) is 7.92. The number of hydrogen-bond acceptors (Lipinski definition) is 4. The summed E-state index contributed by atoms with van der Waals surface area (Å²) in [4.78, 5) is 34.7. The molecule has 1 aliphatic carbocycles. The van der Waals surface area contributed by atoms with E-state index in [1.807, 2.05) is 30.4 Å². The molecule has 0 spiro atoms. The van der Waals surface area contributed by atoms with E-state index in [0.29, 0.717) is 39.5 Å². The molecule has 2 aromatic rings. The molecule has 2 aromatic carbocycles. The Morgan fingerprint density at radius 3 is 2.46 bits per heavy atom. The van der Waals surface area contributed by atoms with Crippen LogP contribution in [0.3, 0.4) is 0 Å². The van der Waals surface area contributed by atoms with Crippen molar-refractivity contribution in [3.8, 4) is 0 Å². The SMILES string of the molecule is O=C1C2=C(C=CCC2)N=c2cc3c(cc21)=Nc1ccccc1C3=O. The van der Waals surface area contributed by atoms with Gasteiger partial charge >= 0.3 is 0 Å². The minimum Gasteiger partial charge on any atom is -0.289 e. The molecule has 0 fully saturated rings. The van der Waals surface area contributed by atoms with Gasteiger partial charge in [-0.3, -0.25) is 9.59 Å². The highest BCUT2D eigenvalue weighted by atomic mass is 16.1. The Hall–Kier alpha value is -3.14. The molecule has 24 heavy (non-hydrogen) atoms. The number of nitrogens with zero attached hydrogens (tertiary/aromatic N) is 2. The average Bonchev–Trinajstić information content (AvgIpc) is 2.62. The van der Waals surface area contributed by atoms with E-state index in [1.54, 1.807) is 18.2 Å². The number of benzene rings is 2. The van der Waals surface area contributed by atoms with Gasteiger partial charge in [-0.25, -0.2) is 9.98 Å². The van der Waals surface area contributed by atoms with E-state index in [1.165, 1.54) is 0 Å². The zero-order chi connectivity index (χ0) is 16.3. The van der Waals surface area contributed by atoms with Gasteiger partial charge in [0.1, 0.15) is 0 Å². The highest BCUT2D eigenvalue weighted by Crippen LogP contribution is 2.27. The maximum absolute atomic E-state index is 12.8. The summed E-state index contributed by atoms with van der Waals surface area (Å²) in [7, 11) is 0. The zero-order valence-electron chi connectivity index (χ0n) is 12.7. The lowest BCUT2D eigenvalue weighted by molar-refractivity contribution is 0.101. The quantitative estimate of drug-likeness (QED) is 0.640. The number of rotatable bonds is 0. The molecule has 0 radical (unpaired) electrons. The van der Waals surface area contributed by atoms with Crippen LogP contribution in [0.15, 0.2) is 69.8 Å². The van der Waals surface area contributed by atoms with Crippen LogP contribution in [-0.2, 0) is 0 Å². The van der Waals surface area contributed by atoms with E-state index in [-0.39, 0.29) is 11.6 Å². The Morgan fingerprint density at radius 2 is 1.58 bits per heavy atom. The largest absolute Gasteiger partial charge is 0.289 e. The second kappa shape index (κ2) is 4.68. The molecule has 0 saturated heterocycles. The number of ketones is 2. The molecule has 0 amide bonds. The summed E-state index contributed by atoms with van der Waals surface area (Å²) in [5.74, 6) is -0.0660. The molecule has 0 unspecified atom stereocenters. The van der Waals surface area contributed by atoms with Gasteiger partial charge in [0.2, 0.25) is 0 Å². The van der Waals surface area contributed by atoms with Gasteiger partial charge in [0.25, 0.3) is 0 Å². The topological polar surface area (TPSA) is 58.9 Å². The van der Waals surface area contributed by atoms with Crippen LogP contribution in [0, 0.1) is 0 Å². The van der Waals surface area contributed by atoms with Gasteiger partial charge < -0.3 is 0 Å². The van der Waals surface area contributed by atoms with E-state index >= 15 is 0 Å². The van der Waals surface area contributed by atoms with Crippen molar-refractivity contribution >= 4 is 17.3 Å². The van der Waals surface area contributed by atoms with Gasteiger partial charge in [-0.05, 0) is 43.2 Å². The van der Waals surface area contributed by atoms with Crippen LogP contribution in [0.4, 0.5) is 5.69 Å². The highest BCUT2D eigenvalue weighted by Gasteiger charge is 2.26. The predicted octanol–water partition coefficient (Wildman–Crippen LogP) is 2.60. The molecule has 0 N–H and O–H groups in total. The summed E-state index contributed by atoms with van der Waals surface area (Å²) in [5, 5.41) is 1.11. The van der Waals surface area contributed by atoms with Gasteiger partial charge in [0.05, 0.1) is 33.2 Å². The van der Waals surface area contributed by atoms with Gasteiger partial charge in [0, 0.05) is 11.1 Å². The molecule has 2 aliphatic heterocycles. The molecule has 0 aromatic heterocycles. The van der Waals surface area contributed by atoms with Crippen LogP contribution in [0.2, 0.25) is 0 Å². The fourth-order valence-corrected chi connectivity index (χ4v) is 3.44. The molecule has 4 heteroatoms. The molecule has 0 saturated carbocycles. The Morgan fingerprint density at radius 1 is 0.833 bits per heavy atom. The minimum absolute atomic E-state index is 0.00339. The number of fused-ring (bicyclic) bond motifs is 3. The predicted molar refractivity (Wildman–Crippen MR) is 88.0 cm³/mol. The summed E-state index contributed by atoms with van der Waals surface area (Å²) in [5.41, 5.74) is 3.76. The van der Waals surface area contributed by atoms with Crippen molar-refractivity contribution in [1.82, 2.24) is 0 Å². The molecule has 3 aliphatic rings. The number of para-hydroxylation sites is 1. The number of allylic oxidation sites excluding steroid dienone is 3. The van der Waals surface area contributed by atoms with E-state index < -0.39 is 0 Å². The summed E-state index contributed by atoms with van der Waals surface area (Å²) in [6, 6.07) is 10.7. The summed E-state index contributed by atoms with van der Waals surface area (Å²) in [6.45, 7) is 0. The second-order valence-electron chi connectivity index (χ2n) is 6.09. The van der Waals surface area contributed by atoms with Crippen molar-refractivity contribution in [1.29, 1.82) is 0 Å². The molecule has 0 bridgehead atoms. The normalized spacial score (nSPS) is 17.3.